The summed E-state index contributed by atoms with van der Waals surface area (Å²) in [7, 11) is 1.87. The fourth-order valence-corrected chi connectivity index (χ4v) is 2.72. The van der Waals surface area contributed by atoms with Gasteiger partial charge in [-0.05, 0) is 6.92 Å². The first-order chi connectivity index (χ1) is 12.6. The van der Waals surface area contributed by atoms with Gasteiger partial charge in [0.05, 0.1) is 36.4 Å². The Hall–Kier alpha value is -3.06. The summed E-state index contributed by atoms with van der Waals surface area (Å²) in [5, 5.41) is 9.41. The van der Waals surface area contributed by atoms with Crippen molar-refractivity contribution in [2.24, 2.45) is 7.05 Å². The summed E-state index contributed by atoms with van der Waals surface area (Å²) in [5.74, 6) is 0.375. The van der Waals surface area contributed by atoms with Gasteiger partial charge in [0.25, 0.3) is 5.91 Å². The summed E-state index contributed by atoms with van der Waals surface area (Å²) >= 11 is 0. The average molecular weight is 351 g/mol. The molecule has 0 saturated carbocycles. The molecule has 0 saturated heterocycles. The summed E-state index contributed by atoms with van der Waals surface area (Å²) in [5.41, 5.74) is 2.74. The molecule has 7 nitrogen and oxygen atoms in total. The Balaban J connectivity index is 1.98. The third kappa shape index (κ3) is 3.78. The summed E-state index contributed by atoms with van der Waals surface area (Å²) in [4.78, 5) is 27.5. The number of aryl methyl sites for hydroxylation is 2. The van der Waals surface area contributed by atoms with Gasteiger partial charge < -0.3 is 14.6 Å². The van der Waals surface area contributed by atoms with Crippen molar-refractivity contribution in [1.29, 1.82) is 0 Å². The van der Waals surface area contributed by atoms with Crippen LogP contribution in [0.2, 0.25) is 0 Å². The van der Waals surface area contributed by atoms with Crippen molar-refractivity contribution in [3.05, 3.63) is 66.1 Å². The predicted molar refractivity (Wildman–Crippen MR) is 97.2 cm³/mol. The van der Waals surface area contributed by atoms with Gasteiger partial charge in [-0.3, -0.25) is 4.79 Å². The molecule has 3 rings (SSSR count). The summed E-state index contributed by atoms with van der Waals surface area (Å²) in [6, 6.07) is 9.55. The van der Waals surface area contributed by atoms with Gasteiger partial charge in [-0.15, -0.1) is 0 Å². The number of rotatable bonds is 6. The molecular formula is C19H21N5O2. The van der Waals surface area contributed by atoms with Crippen LogP contribution in [0.15, 0.2) is 49.1 Å². The lowest BCUT2D eigenvalue weighted by Gasteiger charge is -2.23. The molecule has 0 aliphatic heterocycles. The molecule has 0 fully saturated rings. The number of aliphatic hydroxyl groups excluding tert-OH is 1. The minimum Gasteiger partial charge on any atom is -0.395 e. The van der Waals surface area contributed by atoms with Crippen molar-refractivity contribution in [1.82, 2.24) is 24.4 Å². The number of hydrogen-bond acceptors (Lipinski definition) is 5. The monoisotopic (exact) mass is 351 g/mol. The molecule has 2 aromatic heterocycles. The van der Waals surface area contributed by atoms with Crippen LogP contribution in [0.1, 0.15) is 21.9 Å². The van der Waals surface area contributed by atoms with E-state index < -0.39 is 0 Å². The lowest BCUT2D eigenvalue weighted by atomic mass is 10.1. The third-order valence-electron chi connectivity index (χ3n) is 4.11. The smallest absolute Gasteiger partial charge is 0.258 e. The Morgan fingerprint density at radius 2 is 2.00 bits per heavy atom. The second-order valence-corrected chi connectivity index (χ2v) is 5.99. The maximum atomic E-state index is 13.2. The van der Waals surface area contributed by atoms with E-state index in [4.69, 9.17) is 0 Å². The van der Waals surface area contributed by atoms with Crippen molar-refractivity contribution in [2.45, 2.75) is 13.5 Å². The number of hydrogen-bond donors (Lipinski definition) is 1. The number of benzene rings is 1. The normalized spacial score (nSPS) is 10.7. The fraction of sp³-hybridized carbons (Fsp3) is 0.263. The van der Waals surface area contributed by atoms with Crippen LogP contribution in [-0.4, -0.2) is 48.6 Å². The molecule has 0 atom stereocenters. The highest BCUT2D eigenvalue weighted by Crippen LogP contribution is 2.23. The molecule has 0 aliphatic rings. The summed E-state index contributed by atoms with van der Waals surface area (Å²) < 4.78 is 1.85. The van der Waals surface area contributed by atoms with Crippen molar-refractivity contribution in [3.63, 3.8) is 0 Å². The van der Waals surface area contributed by atoms with Gasteiger partial charge in [-0.1, -0.05) is 30.3 Å². The number of carbonyl (C=O) groups is 1. The third-order valence-corrected chi connectivity index (χ3v) is 4.11. The van der Waals surface area contributed by atoms with Gasteiger partial charge in [-0.25, -0.2) is 15.0 Å². The number of nitrogens with zero attached hydrogens (tertiary/aromatic N) is 5. The molecule has 1 aromatic carbocycles. The topological polar surface area (TPSA) is 84.1 Å². The molecule has 3 aromatic rings. The average Bonchev–Trinajstić information content (AvgIpc) is 3.06. The molecule has 1 amide bonds. The van der Waals surface area contributed by atoms with Gasteiger partial charge in [0.2, 0.25) is 0 Å². The van der Waals surface area contributed by atoms with Gasteiger partial charge in [0.15, 0.2) is 0 Å². The van der Waals surface area contributed by atoms with Gasteiger partial charge in [0.1, 0.15) is 5.82 Å². The predicted octanol–water partition coefficient (Wildman–Crippen LogP) is 1.82. The number of aromatic nitrogens is 4. The molecule has 1 N–H and O–H groups in total. The molecular weight excluding hydrogens is 330 g/mol. The van der Waals surface area contributed by atoms with Crippen molar-refractivity contribution in [2.75, 3.05) is 13.2 Å². The first-order valence-electron chi connectivity index (χ1n) is 8.34. The number of aliphatic hydroxyl groups is 1. The number of imidazole rings is 1. The Kier molecular flexibility index (Phi) is 5.38. The first-order valence-corrected chi connectivity index (χ1v) is 8.34. The second kappa shape index (κ2) is 7.88. The van der Waals surface area contributed by atoms with E-state index in [0.717, 1.165) is 11.3 Å². The van der Waals surface area contributed by atoms with E-state index in [1.165, 1.54) is 0 Å². The molecule has 0 unspecified atom stereocenters. The summed E-state index contributed by atoms with van der Waals surface area (Å²) in [6.45, 7) is 2.23. The number of carbonyl (C=O) groups excluding carboxylic acids is 1. The van der Waals surface area contributed by atoms with Gasteiger partial charge in [-0.2, -0.15) is 0 Å². The standard InChI is InChI=1S/C19H21N5O2/c1-14-21-11-17(18(22-14)15-6-4-3-5-7-15)19(26)24(8-9-25)12-16-10-20-13-23(16)2/h3-7,10-11,13,25H,8-9,12H2,1-2H3. The lowest BCUT2D eigenvalue weighted by molar-refractivity contribution is 0.0704. The largest absolute Gasteiger partial charge is 0.395 e. The van der Waals surface area contributed by atoms with Crippen LogP contribution in [0.5, 0.6) is 0 Å². The van der Waals surface area contributed by atoms with Crippen LogP contribution in [0.25, 0.3) is 11.3 Å². The van der Waals surface area contributed by atoms with E-state index in [-0.39, 0.29) is 19.1 Å². The van der Waals surface area contributed by atoms with Gasteiger partial charge >= 0.3 is 0 Å². The van der Waals surface area contributed by atoms with E-state index in [9.17, 15) is 9.90 Å². The molecule has 134 valence electrons. The quantitative estimate of drug-likeness (QED) is 0.732. The van der Waals surface area contributed by atoms with Crippen LogP contribution in [0.3, 0.4) is 0 Å². The molecule has 0 aliphatic carbocycles. The maximum Gasteiger partial charge on any atom is 0.258 e. The SMILES string of the molecule is Cc1ncc(C(=O)N(CCO)Cc2cncn2C)c(-c2ccccc2)n1. The molecule has 0 radical (unpaired) electrons. The van der Waals surface area contributed by atoms with Crippen LogP contribution >= 0.6 is 0 Å². The fourth-order valence-electron chi connectivity index (χ4n) is 2.72. The molecule has 0 bridgehead atoms. The highest BCUT2D eigenvalue weighted by molar-refractivity contribution is 5.99. The first kappa shape index (κ1) is 17.8. The molecule has 0 spiro atoms. The van der Waals surface area contributed by atoms with Crippen LogP contribution in [-0.2, 0) is 13.6 Å². The Morgan fingerprint density at radius 1 is 1.23 bits per heavy atom. The maximum absolute atomic E-state index is 13.2. The molecule has 26 heavy (non-hydrogen) atoms. The minimum absolute atomic E-state index is 0.128. The zero-order chi connectivity index (χ0) is 18.5. The van der Waals surface area contributed by atoms with Crippen molar-refractivity contribution in [3.8, 4) is 11.3 Å². The van der Waals surface area contributed by atoms with Crippen molar-refractivity contribution >= 4 is 5.91 Å². The highest BCUT2D eigenvalue weighted by Gasteiger charge is 2.22. The zero-order valence-corrected chi connectivity index (χ0v) is 14.8. The Bertz CT molecular complexity index is 892. The van der Waals surface area contributed by atoms with Crippen LogP contribution < -0.4 is 0 Å². The summed E-state index contributed by atoms with van der Waals surface area (Å²) in [6.07, 6.45) is 4.95. The van der Waals surface area contributed by atoms with Gasteiger partial charge in [0, 0.05) is 31.5 Å². The van der Waals surface area contributed by atoms with Crippen molar-refractivity contribution < 1.29 is 9.90 Å². The molecule has 7 heteroatoms. The Labute approximate surface area is 152 Å². The minimum atomic E-state index is -0.223. The van der Waals surface area contributed by atoms with Crippen LogP contribution in [0.4, 0.5) is 0 Å². The van der Waals surface area contributed by atoms with E-state index in [0.29, 0.717) is 23.6 Å². The second-order valence-electron chi connectivity index (χ2n) is 5.99. The van der Waals surface area contributed by atoms with E-state index in [1.807, 2.05) is 41.9 Å². The van der Waals surface area contributed by atoms with E-state index >= 15 is 0 Å². The number of amides is 1. The lowest BCUT2D eigenvalue weighted by Crippen LogP contribution is -2.34. The van der Waals surface area contributed by atoms with Crippen LogP contribution in [0, 0.1) is 6.92 Å². The Morgan fingerprint density at radius 3 is 2.65 bits per heavy atom. The zero-order valence-electron chi connectivity index (χ0n) is 14.8. The highest BCUT2D eigenvalue weighted by atomic mass is 16.3. The molecule has 2 heterocycles. The van der Waals surface area contributed by atoms with E-state index in [1.54, 1.807) is 30.5 Å². The van der Waals surface area contributed by atoms with E-state index in [2.05, 4.69) is 15.0 Å².